The maximum absolute atomic E-state index is 6.28. The van der Waals surface area contributed by atoms with Gasteiger partial charge in [0.05, 0.1) is 13.2 Å². The highest BCUT2D eigenvalue weighted by atomic mass is 35.5. The van der Waals surface area contributed by atoms with Gasteiger partial charge in [-0.15, -0.1) is 0 Å². The van der Waals surface area contributed by atoms with Crippen molar-refractivity contribution in [1.82, 2.24) is 0 Å². The average Bonchev–Trinajstić information content (AvgIpc) is 2.49. The predicted molar refractivity (Wildman–Crippen MR) is 84.6 cm³/mol. The molecule has 2 rings (SSSR count). The third-order valence-corrected chi connectivity index (χ3v) is 3.76. The van der Waals surface area contributed by atoms with Crippen LogP contribution in [0.4, 0.5) is 5.69 Å². The van der Waals surface area contributed by atoms with Gasteiger partial charge >= 0.3 is 0 Å². The lowest BCUT2D eigenvalue weighted by atomic mass is 10.0. The quantitative estimate of drug-likeness (QED) is 0.916. The molecule has 2 aromatic rings. The Balaban J connectivity index is 2.33. The third-order valence-electron chi connectivity index (χ3n) is 3.42. The smallest absolute Gasteiger partial charge is 0.120 e. The monoisotopic (exact) mass is 290 g/mol. The molecule has 0 aliphatic rings. The molecule has 0 heterocycles. The Morgan fingerprint density at radius 2 is 1.95 bits per heavy atom. The van der Waals surface area contributed by atoms with Crippen molar-refractivity contribution in [1.29, 1.82) is 0 Å². The fourth-order valence-corrected chi connectivity index (χ4v) is 2.51. The molecular weight excluding hydrogens is 272 g/mol. The highest BCUT2D eigenvalue weighted by Gasteiger charge is 2.18. The molecule has 2 aromatic carbocycles. The maximum atomic E-state index is 6.28. The molecule has 0 saturated heterocycles. The number of hydrogen-bond acceptors (Lipinski definition) is 3. The van der Waals surface area contributed by atoms with Crippen LogP contribution >= 0.6 is 11.6 Å². The molecule has 0 aliphatic carbocycles. The van der Waals surface area contributed by atoms with E-state index in [1.54, 1.807) is 7.11 Å². The molecule has 0 aromatic heterocycles. The molecule has 106 valence electrons. The van der Waals surface area contributed by atoms with Gasteiger partial charge in [0.1, 0.15) is 5.75 Å². The lowest BCUT2D eigenvalue weighted by molar-refractivity contribution is 0.414. The first-order chi connectivity index (χ1) is 9.67. The van der Waals surface area contributed by atoms with E-state index in [0.717, 1.165) is 22.0 Å². The fraction of sp³-hybridized carbons (Fsp3) is 0.250. The van der Waals surface area contributed by atoms with Gasteiger partial charge in [-0.3, -0.25) is 0 Å². The first-order valence-corrected chi connectivity index (χ1v) is 6.86. The molecule has 1 atom stereocenters. The number of hydrogen-bond donors (Lipinski definition) is 1. The Morgan fingerprint density at radius 3 is 2.60 bits per heavy atom. The van der Waals surface area contributed by atoms with Crippen molar-refractivity contribution in [3.05, 3.63) is 59.1 Å². The van der Waals surface area contributed by atoms with E-state index in [9.17, 15) is 0 Å². The second kappa shape index (κ2) is 6.64. The normalized spacial score (nSPS) is 12.0. The minimum atomic E-state index is 0.0239. The lowest BCUT2D eigenvalue weighted by Gasteiger charge is -2.30. The average molecular weight is 291 g/mol. The Bertz CT molecular complexity index is 574. The Labute approximate surface area is 124 Å². The van der Waals surface area contributed by atoms with Crippen molar-refractivity contribution in [2.24, 2.45) is 5.73 Å². The van der Waals surface area contributed by atoms with Crippen molar-refractivity contribution in [3.63, 3.8) is 0 Å². The first kappa shape index (κ1) is 14.7. The van der Waals surface area contributed by atoms with Crippen LogP contribution in [0.3, 0.4) is 0 Å². The van der Waals surface area contributed by atoms with Crippen LogP contribution < -0.4 is 15.4 Å². The number of methoxy groups -OCH3 is 1. The summed E-state index contributed by atoms with van der Waals surface area (Å²) in [6, 6.07) is 15.7. The maximum Gasteiger partial charge on any atom is 0.120 e. The SMILES string of the molecule is COc1cccc(N(C)C(CN)c2ccccc2Cl)c1. The van der Waals surface area contributed by atoms with E-state index in [1.807, 2.05) is 55.6 Å². The molecule has 1 unspecified atom stereocenters. The summed E-state index contributed by atoms with van der Waals surface area (Å²) in [4.78, 5) is 2.11. The third kappa shape index (κ3) is 3.06. The van der Waals surface area contributed by atoms with Crippen LogP contribution in [0.1, 0.15) is 11.6 Å². The Kier molecular flexibility index (Phi) is 4.88. The second-order valence-corrected chi connectivity index (χ2v) is 4.99. The number of halogens is 1. The summed E-state index contributed by atoms with van der Waals surface area (Å²) < 4.78 is 5.26. The van der Waals surface area contributed by atoms with E-state index < -0.39 is 0 Å². The van der Waals surface area contributed by atoms with Gasteiger partial charge in [-0.25, -0.2) is 0 Å². The van der Waals surface area contributed by atoms with E-state index in [2.05, 4.69) is 4.90 Å². The number of nitrogens with two attached hydrogens (primary N) is 1. The van der Waals surface area contributed by atoms with Crippen LogP contribution in [0.15, 0.2) is 48.5 Å². The lowest BCUT2D eigenvalue weighted by Crippen LogP contribution is -2.30. The predicted octanol–water partition coefficient (Wildman–Crippen LogP) is 3.48. The molecule has 0 radical (unpaired) electrons. The van der Waals surface area contributed by atoms with Crippen molar-refractivity contribution in [2.75, 3.05) is 25.6 Å². The van der Waals surface area contributed by atoms with Gasteiger partial charge in [-0.1, -0.05) is 35.9 Å². The van der Waals surface area contributed by atoms with Crippen molar-refractivity contribution >= 4 is 17.3 Å². The summed E-state index contributed by atoms with van der Waals surface area (Å²) in [6.07, 6.45) is 0. The molecule has 0 aliphatic heterocycles. The fourth-order valence-electron chi connectivity index (χ4n) is 2.25. The van der Waals surface area contributed by atoms with Gasteiger partial charge in [-0.2, -0.15) is 0 Å². The molecule has 0 saturated carbocycles. The van der Waals surface area contributed by atoms with E-state index >= 15 is 0 Å². The number of likely N-dealkylation sites (N-methyl/N-ethyl adjacent to an activating group) is 1. The van der Waals surface area contributed by atoms with Crippen LogP contribution in [0.25, 0.3) is 0 Å². The number of ether oxygens (including phenoxy) is 1. The number of benzene rings is 2. The van der Waals surface area contributed by atoms with Crippen LogP contribution in [-0.2, 0) is 0 Å². The first-order valence-electron chi connectivity index (χ1n) is 6.48. The summed E-state index contributed by atoms with van der Waals surface area (Å²) in [6.45, 7) is 0.484. The Morgan fingerprint density at radius 1 is 1.20 bits per heavy atom. The van der Waals surface area contributed by atoms with E-state index in [1.165, 1.54) is 0 Å². The number of anilines is 1. The highest BCUT2D eigenvalue weighted by Crippen LogP contribution is 2.31. The highest BCUT2D eigenvalue weighted by molar-refractivity contribution is 6.31. The largest absolute Gasteiger partial charge is 0.497 e. The number of nitrogens with zero attached hydrogens (tertiary/aromatic N) is 1. The zero-order chi connectivity index (χ0) is 14.5. The van der Waals surface area contributed by atoms with E-state index in [4.69, 9.17) is 22.1 Å². The van der Waals surface area contributed by atoms with E-state index in [-0.39, 0.29) is 6.04 Å². The Hall–Kier alpha value is -1.71. The molecule has 0 spiro atoms. The summed E-state index contributed by atoms with van der Waals surface area (Å²) in [7, 11) is 3.67. The zero-order valence-electron chi connectivity index (χ0n) is 11.7. The van der Waals surface area contributed by atoms with Gasteiger partial charge < -0.3 is 15.4 Å². The molecule has 0 fully saturated rings. The minimum Gasteiger partial charge on any atom is -0.497 e. The van der Waals surface area contributed by atoms with Gasteiger partial charge in [0.25, 0.3) is 0 Å². The second-order valence-electron chi connectivity index (χ2n) is 4.59. The molecule has 2 N–H and O–H groups in total. The van der Waals surface area contributed by atoms with Crippen LogP contribution in [-0.4, -0.2) is 20.7 Å². The summed E-state index contributed by atoms with van der Waals surface area (Å²) in [5, 5.41) is 0.734. The van der Waals surface area contributed by atoms with Crippen LogP contribution in [0.2, 0.25) is 5.02 Å². The topological polar surface area (TPSA) is 38.5 Å². The number of rotatable bonds is 5. The van der Waals surface area contributed by atoms with Crippen molar-refractivity contribution < 1.29 is 4.74 Å². The molecule has 3 nitrogen and oxygen atoms in total. The van der Waals surface area contributed by atoms with Gasteiger partial charge in [-0.05, 0) is 23.8 Å². The molecule has 0 bridgehead atoms. The molecular formula is C16H19ClN2O. The van der Waals surface area contributed by atoms with Gasteiger partial charge in [0.15, 0.2) is 0 Å². The van der Waals surface area contributed by atoms with Crippen molar-refractivity contribution in [3.8, 4) is 5.75 Å². The summed E-state index contributed by atoms with van der Waals surface area (Å²) >= 11 is 6.28. The van der Waals surface area contributed by atoms with E-state index in [0.29, 0.717) is 6.54 Å². The summed E-state index contributed by atoms with van der Waals surface area (Å²) in [5.74, 6) is 0.823. The summed E-state index contributed by atoms with van der Waals surface area (Å²) in [5.41, 5.74) is 8.02. The van der Waals surface area contributed by atoms with Crippen LogP contribution in [0, 0.1) is 0 Å². The van der Waals surface area contributed by atoms with Crippen LogP contribution in [0.5, 0.6) is 5.75 Å². The molecule has 4 heteroatoms. The molecule has 20 heavy (non-hydrogen) atoms. The zero-order valence-corrected chi connectivity index (χ0v) is 12.5. The molecule has 0 amide bonds. The van der Waals surface area contributed by atoms with Gasteiger partial charge in [0.2, 0.25) is 0 Å². The van der Waals surface area contributed by atoms with Crippen molar-refractivity contribution in [2.45, 2.75) is 6.04 Å². The standard InChI is InChI=1S/C16H19ClN2O/c1-19(12-6-5-7-13(10-12)20-2)16(11-18)14-8-3-4-9-15(14)17/h3-10,16H,11,18H2,1-2H3. The van der Waals surface area contributed by atoms with Gasteiger partial charge in [0, 0.05) is 30.4 Å². The minimum absolute atomic E-state index is 0.0239.